The lowest BCUT2D eigenvalue weighted by molar-refractivity contribution is -0.402. The van der Waals surface area contributed by atoms with Crippen LogP contribution in [0.25, 0.3) is 0 Å². The van der Waals surface area contributed by atoms with Crippen LogP contribution >= 0.6 is 0 Å². The average Bonchev–Trinajstić information content (AvgIpc) is 2.41. The summed E-state index contributed by atoms with van der Waals surface area (Å²) in [6.45, 7) is 1.70. The maximum Gasteiger partial charge on any atom is 0.523 e. The van der Waals surface area contributed by atoms with Crippen LogP contribution in [0, 0.1) is 0 Å². The maximum absolute atomic E-state index is 12.9. The molecule has 1 aliphatic carbocycles. The molecule has 0 spiro atoms. The average molecular weight is 288 g/mol. The molecule has 0 aliphatic heterocycles. The van der Waals surface area contributed by atoms with E-state index in [9.17, 15) is 18.3 Å². The predicted octanol–water partition coefficient (Wildman–Crippen LogP) is 4.13. The topological polar surface area (TPSA) is 29.5 Å². The number of hydrogen-bond acceptors (Lipinski definition) is 2. The van der Waals surface area contributed by atoms with E-state index in [1.54, 1.807) is 37.3 Å². The molecule has 0 heterocycles. The molecular formula is C15H19F3O2. The molecule has 1 fully saturated rings. The zero-order valence-corrected chi connectivity index (χ0v) is 11.4. The van der Waals surface area contributed by atoms with Gasteiger partial charge in [-0.25, -0.2) is 0 Å². The lowest BCUT2D eigenvalue weighted by atomic mass is 9.66. The Morgan fingerprint density at radius 2 is 1.75 bits per heavy atom. The third-order valence-corrected chi connectivity index (χ3v) is 4.24. The Morgan fingerprint density at radius 3 is 2.30 bits per heavy atom. The third-order valence-electron chi connectivity index (χ3n) is 4.24. The predicted molar refractivity (Wildman–Crippen MR) is 69.0 cm³/mol. The Labute approximate surface area is 116 Å². The van der Waals surface area contributed by atoms with Gasteiger partial charge >= 0.3 is 6.36 Å². The fourth-order valence-corrected chi connectivity index (χ4v) is 3.21. The van der Waals surface area contributed by atoms with Gasteiger partial charge in [0, 0.05) is 0 Å². The molecule has 2 nitrogen and oxygen atoms in total. The maximum atomic E-state index is 12.9. The van der Waals surface area contributed by atoms with Crippen molar-refractivity contribution in [2.45, 2.75) is 56.6 Å². The van der Waals surface area contributed by atoms with Crippen molar-refractivity contribution in [3.05, 3.63) is 35.9 Å². The first-order chi connectivity index (χ1) is 9.33. The van der Waals surface area contributed by atoms with Crippen LogP contribution in [-0.2, 0) is 10.3 Å². The second-order valence-electron chi connectivity index (χ2n) is 5.33. The molecule has 5 heteroatoms. The van der Waals surface area contributed by atoms with Crippen LogP contribution in [0.1, 0.15) is 44.6 Å². The van der Waals surface area contributed by atoms with E-state index >= 15 is 0 Å². The van der Waals surface area contributed by atoms with Crippen LogP contribution in [-0.4, -0.2) is 17.1 Å². The van der Waals surface area contributed by atoms with Gasteiger partial charge in [-0.1, -0.05) is 43.7 Å². The van der Waals surface area contributed by atoms with Gasteiger partial charge in [-0.05, 0) is 31.2 Å². The smallest absolute Gasteiger partial charge is 0.387 e. The van der Waals surface area contributed by atoms with Gasteiger partial charge in [0.1, 0.15) is 5.60 Å². The highest BCUT2D eigenvalue weighted by Crippen LogP contribution is 2.51. The highest BCUT2D eigenvalue weighted by Gasteiger charge is 2.57. The van der Waals surface area contributed by atoms with Crippen molar-refractivity contribution in [3.63, 3.8) is 0 Å². The summed E-state index contributed by atoms with van der Waals surface area (Å²) in [6.07, 6.45) is -2.77. The molecule has 1 aromatic carbocycles. The molecule has 1 aromatic rings. The molecule has 1 aliphatic rings. The molecule has 1 N–H and O–H groups in total. The van der Waals surface area contributed by atoms with Crippen molar-refractivity contribution in [1.82, 2.24) is 0 Å². The molecule has 20 heavy (non-hydrogen) atoms. The summed E-state index contributed by atoms with van der Waals surface area (Å²) < 4.78 is 43.3. The molecule has 1 saturated carbocycles. The molecule has 0 aromatic heterocycles. The summed E-state index contributed by atoms with van der Waals surface area (Å²) >= 11 is 0. The number of hydrogen-bond donors (Lipinski definition) is 1. The first-order valence-corrected chi connectivity index (χ1v) is 6.88. The van der Waals surface area contributed by atoms with Crippen LogP contribution in [0.4, 0.5) is 13.2 Å². The third kappa shape index (κ3) is 2.69. The van der Waals surface area contributed by atoms with Crippen molar-refractivity contribution in [2.24, 2.45) is 0 Å². The number of alkyl halides is 3. The first-order valence-electron chi connectivity index (χ1n) is 6.88. The van der Waals surface area contributed by atoms with Gasteiger partial charge in [0.25, 0.3) is 0 Å². The van der Waals surface area contributed by atoms with Gasteiger partial charge in [0.05, 0.1) is 5.60 Å². The summed E-state index contributed by atoms with van der Waals surface area (Å²) in [7, 11) is 0. The Hall–Kier alpha value is -1.07. The molecule has 0 amide bonds. The summed E-state index contributed by atoms with van der Waals surface area (Å²) in [5.41, 5.74) is -2.82. The number of benzene rings is 1. The monoisotopic (exact) mass is 288 g/mol. The van der Waals surface area contributed by atoms with E-state index in [1.165, 1.54) is 0 Å². The van der Waals surface area contributed by atoms with Crippen LogP contribution in [0.5, 0.6) is 0 Å². The lowest BCUT2D eigenvalue weighted by Gasteiger charge is -2.50. The van der Waals surface area contributed by atoms with E-state index in [2.05, 4.69) is 4.74 Å². The minimum Gasteiger partial charge on any atom is -0.387 e. The quantitative estimate of drug-likeness (QED) is 0.906. The summed E-state index contributed by atoms with van der Waals surface area (Å²) in [4.78, 5) is 0. The van der Waals surface area contributed by atoms with E-state index in [1.807, 2.05) is 0 Å². The molecule has 2 rings (SSSR count). The molecule has 0 saturated heterocycles. The normalized spacial score (nSPS) is 31.2. The fraction of sp³-hybridized carbons (Fsp3) is 0.600. The fourth-order valence-electron chi connectivity index (χ4n) is 3.21. The molecular weight excluding hydrogens is 269 g/mol. The SMILES string of the molecule is CCC1(O)CCCCC1(OC(F)(F)F)c1ccccc1. The minimum atomic E-state index is -4.78. The standard InChI is InChI=1S/C15H19F3O2/c1-2-13(19)10-6-7-11-14(13,20-15(16,17)18)12-8-4-3-5-9-12/h3-5,8-9,19H,2,6-7,10-11H2,1H3. The number of aliphatic hydroxyl groups is 1. The number of halogens is 3. The van der Waals surface area contributed by atoms with Gasteiger partial charge in [-0.15, -0.1) is 13.2 Å². The summed E-state index contributed by atoms with van der Waals surface area (Å²) in [5.74, 6) is 0. The van der Waals surface area contributed by atoms with Gasteiger partial charge in [-0.3, -0.25) is 4.74 Å². The first kappa shape index (κ1) is 15.3. The Kier molecular flexibility index (Phi) is 4.12. The van der Waals surface area contributed by atoms with Gasteiger partial charge in [-0.2, -0.15) is 0 Å². The molecule has 112 valence electrons. The van der Waals surface area contributed by atoms with Crippen LogP contribution < -0.4 is 0 Å². The molecule has 0 radical (unpaired) electrons. The Balaban J connectivity index is 2.53. The van der Waals surface area contributed by atoms with Crippen molar-refractivity contribution in [2.75, 3.05) is 0 Å². The Bertz CT molecular complexity index is 446. The van der Waals surface area contributed by atoms with E-state index in [0.29, 0.717) is 24.8 Å². The van der Waals surface area contributed by atoms with E-state index < -0.39 is 17.6 Å². The van der Waals surface area contributed by atoms with E-state index in [4.69, 9.17) is 0 Å². The van der Waals surface area contributed by atoms with Crippen LogP contribution in [0.3, 0.4) is 0 Å². The van der Waals surface area contributed by atoms with Crippen LogP contribution in [0.15, 0.2) is 30.3 Å². The van der Waals surface area contributed by atoms with Crippen molar-refractivity contribution >= 4 is 0 Å². The van der Waals surface area contributed by atoms with Crippen LogP contribution in [0.2, 0.25) is 0 Å². The highest BCUT2D eigenvalue weighted by molar-refractivity contribution is 5.28. The second kappa shape index (κ2) is 5.37. The molecule has 0 bridgehead atoms. The number of rotatable bonds is 3. The largest absolute Gasteiger partial charge is 0.523 e. The van der Waals surface area contributed by atoms with Crippen molar-refractivity contribution < 1.29 is 23.0 Å². The summed E-state index contributed by atoms with van der Waals surface area (Å²) in [6, 6.07) is 8.26. The zero-order chi connectivity index (χ0) is 14.9. The summed E-state index contributed by atoms with van der Waals surface area (Å²) in [5, 5.41) is 10.8. The Morgan fingerprint density at radius 1 is 1.15 bits per heavy atom. The van der Waals surface area contributed by atoms with Gasteiger partial charge < -0.3 is 5.11 Å². The molecule has 2 unspecified atom stereocenters. The lowest BCUT2D eigenvalue weighted by Crippen LogP contribution is -2.57. The van der Waals surface area contributed by atoms with Gasteiger partial charge in [0.2, 0.25) is 0 Å². The second-order valence-corrected chi connectivity index (χ2v) is 5.33. The highest BCUT2D eigenvalue weighted by atomic mass is 19.4. The zero-order valence-electron chi connectivity index (χ0n) is 11.4. The number of ether oxygens (including phenoxy) is 1. The van der Waals surface area contributed by atoms with Crippen molar-refractivity contribution in [1.29, 1.82) is 0 Å². The van der Waals surface area contributed by atoms with Gasteiger partial charge in [0.15, 0.2) is 0 Å². The van der Waals surface area contributed by atoms with E-state index in [-0.39, 0.29) is 12.8 Å². The van der Waals surface area contributed by atoms with Crippen molar-refractivity contribution in [3.8, 4) is 0 Å². The molecule has 2 atom stereocenters. The van der Waals surface area contributed by atoms with E-state index in [0.717, 1.165) is 0 Å². The minimum absolute atomic E-state index is 0.168.